The van der Waals surface area contributed by atoms with Crippen LogP contribution in [0.15, 0.2) is 64.9 Å². The minimum atomic E-state index is 0.587. The SMILES string of the molecule is Bn1cccc1/C(CCN)=C1N=C(/C=C/c2ccc(OC)c(OC)c2)C=C\1C. The van der Waals surface area contributed by atoms with Gasteiger partial charge in [-0.05, 0) is 73.6 Å². The maximum absolute atomic E-state index is 5.87. The van der Waals surface area contributed by atoms with E-state index in [0.29, 0.717) is 18.0 Å². The molecule has 144 valence electrons. The van der Waals surface area contributed by atoms with Crippen molar-refractivity contribution in [2.45, 2.75) is 13.3 Å². The molecule has 0 atom stereocenters. The van der Waals surface area contributed by atoms with Gasteiger partial charge in [0, 0.05) is 11.3 Å². The first-order chi connectivity index (χ1) is 13.6. The van der Waals surface area contributed by atoms with E-state index in [0.717, 1.165) is 34.7 Å². The molecule has 1 aromatic carbocycles. The van der Waals surface area contributed by atoms with Gasteiger partial charge >= 0.3 is 0 Å². The number of ether oxygens (including phenoxy) is 2. The minimum absolute atomic E-state index is 0.587. The maximum atomic E-state index is 5.87. The minimum Gasteiger partial charge on any atom is -0.493 e. The highest BCUT2D eigenvalue weighted by atomic mass is 16.5. The molecule has 0 saturated carbocycles. The first-order valence-electron chi connectivity index (χ1n) is 9.29. The molecule has 3 rings (SSSR count). The van der Waals surface area contributed by atoms with E-state index in [1.54, 1.807) is 14.2 Å². The Morgan fingerprint density at radius 3 is 2.61 bits per heavy atom. The van der Waals surface area contributed by atoms with E-state index >= 15 is 0 Å². The van der Waals surface area contributed by atoms with Gasteiger partial charge in [0.2, 0.25) is 7.98 Å². The molecule has 0 radical (unpaired) electrons. The third kappa shape index (κ3) is 4.12. The molecule has 2 heterocycles. The molecular weight excluding hydrogens is 349 g/mol. The van der Waals surface area contributed by atoms with Crippen molar-refractivity contribution < 1.29 is 9.47 Å². The van der Waals surface area contributed by atoms with E-state index in [-0.39, 0.29) is 0 Å². The molecule has 1 aliphatic heterocycles. The third-order valence-corrected chi connectivity index (χ3v) is 4.77. The van der Waals surface area contributed by atoms with Gasteiger partial charge in [0.05, 0.1) is 25.6 Å². The first-order valence-corrected chi connectivity index (χ1v) is 9.29. The molecule has 1 aromatic heterocycles. The zero-order valence-electron chi connectivity index (χ0n) is 16.9. The van der Waals surface area contributed by atoms with Crippen molar-refractivity contribution in [2.75, 3.05) is 20.8 Å². The largest absolute Gasteiger partial charge is 0.493 e. The Morgan fingerprint density at radius 1 is 1.18 bits per heavy atom. The lowest BCUT2D eigenvalue weighted by Gasteiger charge is -2.11. The van der Waals surface area contributed by atoms with Gasteiger partial charge in [-0.3, -0.25) is 0 Å². The van der Waals surface area contributed by atoms with Gasteiger partial charge in [-0.1, -0.05) is 12.1 Å². The Morgan fingerprint density at radius 2 is 1.96 bits per heavy atom. The molecule has 0 spiro atoms. The van der Waals surface area contributed by atoms with Crippen LogP contribution >= 0.6 is 0 Å². The number of nitrogens with two attached hydrogens (primary N) is 1. The Hall–Kier alpha value is -2.99. The fourth-order valence-electron chi connectivity index (χ4n) is 3.36. The van der Waals surface area contributed by atoms with Crippen LogP contribution in [0.25, 0.3) is 11.6 Å². The predicted octanol–water partition coefficient (Wildman–Crippen LogP) is 3.08. The van der Waals surface area contributed by atoms with Gasteiger partial charge < -0.3 is 19.7 Å². The fraction of sp³-hybridized carbons (Fsp3) is 0.227. The van der Waals surface area contributed by atoms with Crippen LogP contribution in [0.2, 0.25) is 0 Å². The highest BCUT2D eigenvalue weighted by molar-refractivity contribution is 6.11. The molecule has 5 nitrogen and oxygen atoms in total. The normalized spacial score (nSPS) is 15.6. The molecule has 0 unspecified atom stereocenters. The van der Waals surface area contributed by atoms with Crippen molar-refractivity contribution in [2.24, 2.45) is 10.7 Å². The molecule has 0 amide bonds. The third-order valence-electron chi connectivity index (χ3n) is 4.77. The number of nitrogens with zero attached hydrogens (tertiary/aromatic N) is 2. The van der Waals surface area contributed by atoms with E-state index in [9.17, 15) is 0 Å². The van der Waals surface area contributed by atoms with Gasteiger partial charge in [-0.15, -0.1) is 0 Å². The van der Waals surface area contributed by atoms with Crippen molar-refractivity contribution in [3.05, 3.63) is 71.2 Å². The van der Waals surface area contributed by atoms with Gasteiger partial charge in [0.15, 0.2) is 11.5 Å². The molecule has 6 heteroatoms. The Bertz CT molecular complexity index is 983. The van der Waals surface area contributed by atoms with Crippen molar-refractivity contribution in [3.8, 4) is 11.5 Å². The zero-order chi connectivity index (χ0) is 20.1. The average Bonchev–Trinajstić information content (AvgIpc) is 3.29. The van der Waals surface area contributed by atoms with Crippen LogP contribution < -0.4 is 15.2 Å². The van der Waals surface area contributed by atoms with E-state index in [1.807, 2.05) is 50.6 Å². The van der Waals surface area contributed by atoms with E-state index < -0.39 is 0 Å². The van der Waals surface area contributed by atoms with Crippen LogP contribution in [-0.2, 0) is 0 Å². The summed E-state index contributed by atoms with van der Waals surface area (Å²) < 4.78 is 12.8. The number of aliphatic imine (C=N–C) groups is 1. The lowest BCUT2D eigenvalue weighted by molar-refractivity contribution is 0.355. The van der Waals surface area contributed by atoms with Crippen LogP contribution in [0.3, 0.4) is 0 Å². The van der Waals surface area contributed by atoms with Crippen molar-refractivity contribution in [3.63, 3.8) is 0 Å². The number of hydrogen-bond acceptors (Lipinski definition) is 4. The van der Waals surface area contributed by atoms with Gasteiger partial charge in [-0.25, -0.2) is 4.99 Å². The number of allylic oxidation sites excluding steroid dienone is 3. The summed E-state index contributed by atoms with van der Waals surface area (Å²) in [4.78, 5) is 4.87. The predicted molar refractivity (Wildman–Crippen MR) is 119 cm³/mol. The smallest absolute Gasteiger partial charge is 0.223 e. The van der Waals surface area contributed by atoms with Crippen LogP contribution in [0, 0.1) is 0 Å². The van der Waals surface area contributed by atoms with Crippen LogP contribution in [0.5, 0.6) is 11.5 Å². The molecule has 28 heavy (non-hydrogen) atoms. The number of rotatable bonds is 7. The molecule has 2 N–H and O–H groups in total. The molecule has 1 aliphatic rings. The van der Waals surface area contributed by atoms with E-state index in [4.69, 9.17) is 20.2 Å². The quantitative estimate of drug-likeness (QED) is 0.757. The van der Waals surface area contributed by atoms with E-state index in [1.165, 1.54) is 5.57 Å². The lowest BCUT2D eigenvalue weighted by Crippen LogP contribution is -2.05. The highest BCUT2D eigenvalue weighted by Gasteiger charge is 2.17. The molecular formula is C22H26BN3O2. The maximum Gasteiger partial charge on any atom is 0.223 e. The fourth-order valence-corrected chi connectivity index (χ4v) is 3.36. The molecule has 2 aromatic rings. The molecule has 0 aliphatic carbocycles. The summed E-state index contributed by atoms with van der Waals surface area (Å²) in [5, 5.41) is 0. The number of benzene rings is 1. The monoisotopic (exact) mass is 375 g/mol. The lowest BCUT2D eigenvalue weighted by atomic mass is 10.0. The van der Waals surface area contributed by atoms with Crippen LogP contribution in [0.4, 0.5) is 0 Å². The summed E-state index contributed by atoms with van der Waals surface area (Å²) in [6.45, 7) is 2.68. The average molecular weight is 375 g/mol. The Kier molecular flexibility index (Phi) is 6.21. The number of hydrogen-bond donors (Lipinski definition) is 1. The van der Waals surface area contributed by atoms with Crippen molar-refractivity contribution in [1.29, 1.82) is 0 Å². The molecule has 0 bridgehead atoms. The highest BCUT2D eigenvalue weighted by Crippen LogP contribution is 2.31. The summed E-state index contributed by atoms with van der Waals surface area (Å²) in [6, 6.07) is 9.99. The van der Waals surface area contributed by atoms with Crippen LogP contribution in [0.1, 0.15) is 24.6 Å². The summed E-state index contributed by atoms with van der Waals surface area (Å²) in [5.41, 5.74) is 12.3. The van der Waals surface area contributed by atoms with Gasteiger partial charge in [-0.2, -0.15) is 0 Å². The topological polar surface area (TPSA) is 61.8 Å². The van der Waals surface area contributed by atoms with E-state index in [2.05, 4.69) is 23.5 Å². The van der Waals surface area contributed by atoms with Crippen LogP contribution in [-0.4, -0.2) is 38.9 Å². The molecule has 0 fully saturated rings. The van der Waals surface area contributed by atoms with Gasteiger partial charge in [0.25, 0.3) is 0 Å². The second kappa shape index (κ2) is 8.80. The second-order valence-electron chi connectivity index (χ2n) is 6.68. The summed E-state index contributed by atoms with van der Waals surface area (Å²) in [7, 11) is 5.31. The summed E-state index contributed by atoms with van der Waals surface area (Å²) in [5.74, 6) is 1.42. The van der Waals surface area contributed by atoms with Crippen molar-refractivity contribution >= 4 is 25.3 Å². The number of methoxy groups -OCH3 is 2. The van der Waals surface area contributed by atoms with Crippen molar-refractivity contribution in [1.82, 2.24) is 4.48 Å². The Labute approximate surface area is 167 Å². The zero-order valence-corrected chi connectivity index (χ0v) is 16.9. The summed E-state index contributed by atoms with van der Waals surface area (Å²) >= 11 is 0. The number of aromatic nitrogens is 1. The Balaban J connectivity index is 1.92. The summed E-state index contributed by atoms with van der Waals surface area (Å²) in [6.07, 6.45) is 8.98. The first kappa shape index (κ1) is 19.8. The second-order valence-corrected chi connectivity index (χ2v) is 6.68. The standard InChI is InChI=1S/C22H26BN3O2/c1-15-13-17(8-6-16-7-9-20(27-2)21(14-16)28-3)25-22(15)18(10-11-24)19-5-4-12-26(19)23/h4-9,12-14H,10-11,23-24H2,1-3H3/b8-6+,22-18-. The molecule has 0 saturated heterocycles. The van der Waals surface area contributed by atoms with Gasteiger partial charge in [0.1, 0.15) is 0 Å².